The number of ketones is 2. The Morgan fingerprint density at radius 1 is 0.838 bits per heavy atom. The van der Waals surface area contributed by atoms with Gasteiger partial charge in [0.05, 0.1) is 13.0 Å². The van der Waals surface area contributed by atoms with Crippen LogP contribution in [0.5, 0.6) is 23.0 Å². The van der Waals surface area contributed by atoms with Crippen molar-refractivity contribution in [1.29, 1.82) is 0 Å². The summed E-state index contributed by atoms with van der Waals surface area (Å²) in [4.78, 5) is 27.7. The quantitative estimate of drug-likeness (QED) is 0.122. The van der Waals surface area contributed by atoms with Crippen molar-refractivity contribution in [2.24, 2.45) is 17.4 Å². The number of methoxy groups -OCH3 is 1. The molecule has 0 aromatic heterocycles. The van der Waals surface area contributed by atoms with E-state index < -0.39 is 5.92 Å². The van der Waals surface area contributed by atoms with Gasteiger partial charge in [-0.25, -0.2) is 4.84 Å². The van der Waals surface area contributed by atoms with Crippen LogP contribution in [0.3, 0.4) is 0 Å². The third-order valence-electron chi connectivity index (χ3n) is 5.09. The molecular formula is C27H34ClN3O6. The van der Waals surface area contributed by atoms with E-state index in [4.69, 9.17) is 42.2 Å². The van der Waals surface area contributed by atoms with Crippen molar-refractivity contribution in [3.63, 3.8) is 0 Å². The van der Waals surface area contributed by atoms with E-state index in [0.29, 0.717) is 68.0 Å². The molecule has 200 valence electrons. The summed E-state index contributed by atoms with van der Waals surface area (Å²) in [6, 6.07) is 10.5. The second-order valence-corrected chi connectivity index (χ2v) is 8.08. The molecule has 2 aromatic rings. The van der Waals surface area contributed by atoms with E-state index >= 15 is 0 Å². The van der Waals surface area contributed by atoms with Crippen molar-refractivity contribution >= 4 is 35.5 Å². The molecule has 0 spiro atoms. The van der Waals surface area contributed by atoms with E-state index in [0.717, 1.165) is 5.56 Å². The van der Waals surface area contributed by atoms with E-state index in [1.54, 1.807) is 55.5 Å². The molecule has 0 aliphatic rings. The van der Waals surface area contributed by atoms with Crippen LogP contribution in [-0.2, 0) is 9.59 Å². The Morgan fingerprint density at radius 3 is 1.84 bits per heavy atom. The van der Waals surface area contributed by atoms with Crippen LogP contribution in [0.15, 0.2) is 48.6 Å². The van der Waals surface area contributed by atoms with Crippen LogP contribution >= 0.6 is 11.8 Å². The summed E-state index contributed by atoms with van der Waals surface area (Å²) in [6.07, 6.45) is 6.01. The van der Waals surface area contributed by atoms with E-state index in [-0.39, 0.29) is 11.6 Å². The van der Waals surface area contributed by atoms with Gasteiger partial charge in [0.2, 0.25) is 0 Å². The Labute approximate surface area is 222 Å². The molecule has 0 saturated carbocycles. The highest BCUT2D eigenvalue weighted by molar-refractivity contribution is 6.13. The average molecular weight is 532 g/mol. The lowest BCUT2D eigenvalue weighted by atomic mass is 9.99. The third kappa shape index (κ3) is 9.89. The Balaban J connectivity index is 2.04. The number of rotatable bonds is 17. The SMILES string of the molecule is COc1cc(/C=C/C(=O)C(C)C(=O)/C=C/c2ccc(OCCN)c(OCCN)c2)ccc1OCCNCl. The van der Waals surface area contributed by atoms with Gasteiger partial charge in [-0.05, 0) is 66.2 Å². The first-order chi connectivity index (χ1) is 17.9. The number of allylic oxidation sites excluding steroid dienone is 2. The molecular weight excluding hydrogens is 498 g/mol. The standard InChI is InChI=1S/C27H34ClN3O6/c1-19(22(32)7-3-20-5-9-24(26(17-20)34-2)37-16-13-31-28)23(33)8-4-21-6-10-25(35-14-11-29)27(18-21)36-15-12-30/h3-10,17-19,31H,11-16,29-30H2,1-2H3/b7-3+,8-4+. The smallest absolute Gasteiger partial charge is 0.166 e. The molecule has 0 bridgehead atoms. The number of benzene rings is 2. The van der Waals surface area contributed by atoms with E-state index in [1.807, 2.05) is 0 Å². The number of hydrogen-bond donors (Lipinski definition) is 3. The first-order valence-electron chi connectivity index (χ1n) is 11.8. The van der Waals surface area contributed by atoms with E-state index in [2.05, 4.69) is 4.84 Å². The van der Waals surface area contributed by atoms with Crippen LogP contribution in [0.1, 0.15) is 18.1 Å². The largest absolute Gasteiger partial charge is 0.493 e. The Bertz CT molecular complexity index is 1090. The Kier molecular flexibility index (Phi) is 13.2. The summed E-state index contributed by atoms with van der Waals surface area (Å²) in [5.41, 5.74) is 12.5. The van der Waals surface area contributed by atoms with Crippen LogP contribution in [0.4, 0.5) is 0 Å². The van der Waals surface area contributed by atoms with E-state index in [9.17, 15) is 9.59 Å². The van der Waals surface area contributed by atoms with Gasteiger partial charge in [-0.1, -0.05) is 24.3 Å². The zero-order valence-electron chi connectivity index (χ0n) is 21.1. The number of hydrogen-bond acceptors (Lipinski definition) is 9. The second-order valence-electron chi connectivity index (χ2n) is 7.82. The molecule has 1 atom stereocenters. The highest BCUT2D eigenvalue weighted by Crippen LogP contribution is 2.30. The summed E-state index contributed by atoms with van der Waals surface area (Å²) >= 11 is 5.43. The molecule has 0 amide bonds. The van der Waals surface area contributed by atoms with Crippen LogP contribution in [0, 0.1) is 5.92 Å². The van der Waals surface area contributed by atoms with Crippen molar-refractivity contribution in [3.8, 4) is 23.0 Å². The van der Waals surface area contributed by atoms with Gasteiger partial charge in [0.15, 0.2) is 34.6 Å². The summed E-state index contributed by atoms with van der Waals surface area (Å²) in [5.74, 6) is 0.631. The summed E-state index contributed by atoms with van der Waals surface area (Å²) < 4.78 is 22.2. The number of carbonyl (C=O) groups is 2. The highest BCUT2D eigenvalue weighted by Gasteiger charge is 2.17. The van der Waals surface area contributed by atoms with Crippen molar-refractivity contribution in [1.82, 2.24) is 4.84 Å². The van der Waals surface area contributed by atoms with E-state index in [1.165, 1.54) is 19.3 Å². The topological polar surface area (TPSA) is 135 Å². The minimum absolute atomic E-state index is 0.316. The van der Waals surface area contributed by atoms with Crippen molar-refractivity contribution in [2.75, 3.05) is 46.6 Å². The summed E-state index contributed by atoms with van der Waals surface area (Å²) in [6.45, 7) is 3.79. The maximum Gasteiger partial charge on any atom is 0.166 e. The van der Waals surface area contributed by atoms with Gasteiger partial charge >= 0.3 is 0 Å². The number of nitrogens with two attached hydrogens (primary N) is 2. The molecule has 0 fully saturated rings. The molecule has 0 radical (unpaired) electrons. The summed E-state index contributed by atoms with van der Waals surface area (Å²) in [7, 11) is 1.53. The van der Waals surface area contributed by atoms with Gasteiger partial charge in [0.1, 0.15) is 19.8 Å². The van der Waals surface area contributed by atoms with Gasteiger partial charge < -0.3 is 30.4 Å². The first kappa shape index (κ1) is 29.9. The maximum atomic E-state index is 12.6. The average Bonchev–Trinajstić information content (AvgIpc) is 2.92. The zero-order chi connectivity index (χ0) is 27.0. The molecule has 0 aliphatic heterocycles. The van der Waals surface area contributed by atoms with Crippen molar-refractivity contribution in [3.05, 3.63) is 59.7 Å². The minimum Gasteiger partial charge on any atom is -0.493 e. The van der Waals surface area contributed by atoms with Crippen LogP contribution < -0.4 is 35.3 Å². The molecule has 2 aromatic carbocycles. The van der Waals surface area contributed by atoms with Crippen molar-refractivity contribution < 1.29 is 28.5 Å². The van der Waals surface area contributed by atoms with Gasteiger partial charge in [-0.2, -0.15) is 0 Å². The number of nitrogens with one attached hydrogen (secondary N) is 1. The van der Waals surface area contributed by atoms with Gasteiger partial charge in [-0.3, -0.25) is 9.59 Å². The molecule has 9 nitrogen and oxygen atoms in total. The normalized spacial score (nSPS) is 12.0. The van der Waals surface area contributed by atoms with Crippen LogP contribution in [0.25, 0.3) is 12.2 Å². The molecule has 1 unspecified atom stereocenters. The Morgan fingerprint density at radius 2 is 1.32 bits per heavy atom. The Hall–Kier alpha value is -3.37. The number of carbonyl (C=O) groups excluding carboxylic acids is 2. The van der Waals surface area contributed by atoms with Gasteiger partial charge in [-0.15, -0.1) is 0 Å². The fourth-order valence-corrected chi connectivity index (χ4v) is 3.17. The molecule has 5 N–H and O–H groups in total. The fourth-order valence-electron chi connectivity index (χ4n) is 3.09. The first-order valence-corrected chi connectivity index (χ1v) is 12.2. The summed E-state index contributed by atoms with van der Waals surface area (Å²) in [5, 5.41) is 0. The lowest BCUT2D eigenvalue weighted by Gasteiger charge is -2.12. The third-order valence-corrected chi connectivity index (χ3v) is 5.28. The van der Waals surface area contributed by atoms with Crippen LogP contribution in [-0.4, -0.2) is 58.1 Å². The molecule has 2 rings (SSSR count). The maximum absolute atomic E-state index is 12.6. The number of ether oxygens (including phenoxy) is 4. The predicted octanol–water partition coefficient (Wildman–Crippen LogP) is 2.99. The molecule has 0 heterocycles. The van der Waals surface area contributed by atoms with Crippen molar-refractivity contribution in [2.45, 2.75) is 6.92 Å². The molecule has 0 aliphatic carbocycles. The minimum atomic E-state index is -0.847. The van der Waals surface area contributed by atoms with Gasteiger partial charge in [0, 0.05) is 19.6 Å². The zero-order valence-corrected chi connectivity index (χ0v) is 21.8. The van der Waals surface area contributed by atoms with Crippen LogP contribution in [0.2, 0.25) is 0 Å². The van der Waals surface area contributed by atoms with Gasteiger partial charge in [0.25, 0.3) is 0 Å². The number of halogens is 1. The molecule has 37 heavy (non-hydrogen) atoms. The monoisotopic (exact) mass is 531 g/mol. The highest BCUT2D eigenvalue weighted by atomic mass is 35.5. The predicted molar refractivity (Wildman–Crippen MR) is 145 cm³/mol. The lowest BCUT2D eigenvalue weighted by Crippen LogP contribution is -2.17. The lowest BCUT2D eigenvalue weighted by molar-refractivity contribution is -0.126. The molecule has 10 heteroatoms. The fraction of sp³-hybridized carbons (Fsp3) is 0.333. The second kappa shape index (κ2) is 16.4. The molecule has 0 saturated heterocycles.